The molecule has 7 heteroatoms. The number of aromatic carboxylic acids is 1. The third-order valence-electron chi connectivity index (χ3n) is 6.23. The van der Waals surface area contributed by atoms with Crippen molar-refractivity contribution >= 4 is 23.7 Å². The molecule has 0 saturated heterocycles. The molecular weight excluding hydrogens is 444 g/mol. The number of nitrogens with one attached hydrogen (secondary N) is 2. The van der Waals surface area contributed by atoms with Gasteiger partial charge in [0.25, 0.3) is 0 Å². The Hall–Kier alpha value is -4.13. The van der Waals surface area contributed by atoms with E-state index in [1.54, 1.807) is 32.9 Å². The zero-order valence-corrected chi connectivity index (χ0v) is 19.9. The molecule has 35 heavy (non-hydrogen) atoms. The van der Waals surface area contributed by atoms with Crippen molar-refractivity contribution < 1.29 is 24.2 Å². The van der Waals surface area contributed by atoms with E-state index in [2.05, 4.69) is 22.8 Å². The van der Waals surface area contributed by atoms with Crippen molar-refractivity contribution in [1.82, 2.24) is 5.32 Å². The van der Waals surface area contributed by atoms with Crippen molar-refractivity contribution in [2.24, 2.45) is 5.92 Å². The van der Waals surface area contributed by atoms with Crippen LogP contribution in [0.25, 0.3) is 11.1 Å². The number of anilines is 1. The lowest BCUT2D eigenvalue weighted by Crippen LogP contribution is -2.47. The Morgan fingerprint density at radius 1 is 0.943 bits per heavy atom. The van der Waals surface area contributed by atoms with Crippen LogP contribution in [0.4, 0.5) is 10.5 Å². The van der Waals surface area contributed by atoms with Gasteiger partial charge in [0, 0.05) is 5.92 Å². The number of rotatable bonds is 7. The van der Waals surface area contributed by atoms with E-state index in [0.717, 1.165) is 27.8 Å². The van der Waals surface area contributed by atoms with E-state index in [1.165, 1.54) is 6.07 Å². The van der Waals surface area contributed by atoms with Crippen LogP contribution in [0.1, 0.15) is 46.8 Å². The molecule has 0 aliphatic heterocycles. The first kappa shape index (κ1) is 24.0. The van der Waals surface area contributed by atoms with Gasteiger partial charge in [0.2, 0.25) is 5.91 Å². The number of amides is 2. The first-order valence-electron chi connectivity index (χ1n) is 11.5. The summed E-state index contributed by atoms with van der Waals surface area (Å²) in [5.74, 6) is -2.01. The average molecular weight is 473 g/mol. The van der Waals surface area contributed by atoms with Gasteiger partial charge in [-0.1, -0.05) is 74.0 Å². The molecule has 0 bridgehead atoms. The summed E-state index contributed by atoms with van der Waals surface area (Å²) in [7, 11) is 0. The molecule has 1 aliphatic rings. The fourth-order valence-corrected chi connectivity index (χ4v) is 4.46. The molecule has 3 aromatic rings. The Bertz CT molecular complexity index is 1240. The molecule has 1 aliphatic carbocycles. The number of fused-ring (bicyclic) bond motifs is 3. The summed E-state index contributed by atoms with van der Waals surface area (Å²) in [5.41, 5.74) is 5.38. The number of carbonyl (C=O) groups is 3. The van der Waals surface area contributed by atoms with Crippen molar-refractivity contribution in [3.63, 3.8) is 0 Å². The molecule has 1 unspecified atom stereocenters. The molecule has 0 radical (unpaired) electrons. The van der Waals surface area contributed by atoms with Crippen LogP contribution >= 0.6 is 0 Å². The van der Waals surface area contributed by atoms with Gasteiger partial charge in [0.05, 0.1) is 11.3 Å². The van der Waals surface area contributed by atoms with Gasteiger partial charge in [-0.15, -0.1) is 0 Å². The van der Waals surface area contributed by atoms with Crippen LogP contribution in [-0.2, 0) is 9.53 Å². The quantitative estimate of drug-likeness (QED) is 0.439. The van der Waals surface area contributed by atoms with Crippen molar-refractivity contribution in [2.45, 2.75) is 32.7 Å². The molecule has 1 atom stereocenters. The lowest BCUT2D eigenvalue weighted by molar-refractivity contribution is -0.119. The zero-order valence-electron chi connectivity index (χ0n) is 19.9. The maximum atomic E-state index is 13.0. The van der Waals surface area contributed by atoms with Crippen molar-refractivity contribution in [2.75, 3.05) is 11.9 Å². The van der Waals surface area contributed by atoms with Crippen LogP contribution in [0.15, 0.2) is 66.7 Å². The zero-order chi connectivity index (χ0) is 25.1. The van der Waals surface area contributed by atoms with E-state index in [-0.39, 0.29) is 29.7 Å². The minimum atomic E-state index is -1.14. The Balaban J connectivity index is 1.44. The number of ether oxygens (including phenoxy) is 1. The highest BCUT2D eigenvalue weighted by molar-refractivity contribution is 6.03. The van der Waals surface area contributed by atoms with Gasteiger partial charge in [-0.05, 0) is 47.2 Å². The molecule has 0 aromatic heterocycles. The van der Waals surface area contributed by atoms with Crippen LogP contribution < -0.4 is 10.6 Å². The van der Waals surface area contributed by atoms with Gasteiger partial charge in [0.15, 0.2) is 0 Å². The second kappa shape index (κ2) is 10.0. The predicted octanol–water partition coefficient (Wildman–Crippen LogP) is 5.20. The van der Waals surface area contributed by atoms with Gasteiger partial charge in [-0.3, -0.25) is 4.79 Å². The lowest BCUT2D eigenvalue weighted by Gasteiger charge is -2.22. The van der Waals surface area contributed by atoms with Gasteiger partial charge >= 0.3 is 12.1 Å². The molecule has 3 N–H and O–H groups in total. The minimum absolute atomic E-state index is 0.0120. The molecule has 3 aromatic carbocycles. The standard InChI is InChI=1S/C28H28N2O5/c1-16(2)25(26(31)29-24-13-12-17(3)14-22(24)27(32)33)30-28(34)35-15-23-20-10-6-4-8-18(20)19-9-5-7-11-21(19)23/h4-14,16,23,25H,15H2,1-3H3,(H,29,31)(H,30,34)(H,32,33). The molecule has 4 rings (SSSR count). The van der Waals surface area contributed by atoms with Gasteiger partial charge in [-0.25, -0.2) is 9.59 Å². The summed E-state index contributed by atoms with van der Waals surface area (Å²) in [6, 6.07) is 19.9. The summed E-state index contributed by atoms with van der Waals surface area (Å²) in [5, 5.41) is 14.8. The fraction of sp³-hybridized carbons (Fsp3) is 0.250. The second-order valence-electron chi connectivity index (χ2n) is 9.04. The molecule has 180 valence electrons. The molecule has 0 heterocycles. The number of carbonyl (C=O) groups excluding carboxylic acids is 2. The van der Waals surface area contributed by atoms with Crippen molar-refractivity contribution in [1.29, 1.82) is 0 Å². The number of carboxylic acids is 1. The molecule has 7 nitrogen and oxygen atoms in total. The largest absolute Gasteiger partial charge is 0.478 e. The Labute approximate surface area is 204 Å². The van der Waals surface area contributed by atoms with E-state index < -0.39 is 24.0 Å². The molecule has 0 saturated carbocycles. The predicted molar refractivity (Wildman–Crippen MR) is 134 cm³/mol. The normalized spacial score (nSPS) is 13.0. The first-order valence-corrected chi connectivity index (χ1v) is 11.5. The maximum absolute atomic E-state index is 13.0. The van der Waals surface area contributed by atoms with E-state index >= 15 is 0 Å². The van der Waals surface area contributed by atoms with Crippen LogP contribution in [0.3, 0.4) is 0 Å². The highest BCUT2D eigenvalue weighted by Crippen LogP contribution is 2.44. The highest BCUT2D eigenvalue weighted by Gasteiger charge is 2.30. The third-order valence-corrected chi connectivity index (χ3v) is 6.23. The van der Waals surface area contributed by atoms with E-state index in [4.69, 9.17) is 4.74 Å². The van der Waals surface area contributed by atoms with Gasteiger partial charge in [-0.2, -0.15) is 0 Å². The van der Waals surface area contributed by atoms with Crippen LogP contribution in [0.5, 0.6) is 0 Å². The molecule has 2 amide bonds. The van der Waals surface area contributed by atoms with E-state index in [0.29, 0.717) is 0 Å². The summed E-state index contributed by atoms with van der Waals surface area (Å²) in [6.07, 6.45) is -0.705. The Morgan fingerprint density at radius 3 is 2.11 bits per heavy atom. The summed E-state index contributed by atoms with van der Waals surface area (Å²) < 4.78 is 5.57. The van der Waals surface area contributed by atoms with Gasteiger partial charge in [0.1, 0.15) is 12.6 Å². The SMILES string of the molecule is Cc1ccc(NC(=O)C(NC(=O)OCC2c3ccccc3-c3ccccc32)C(C)C)c(C(=O)O)c1. The van der Waals surface area contributed by atoms with E-state index in [1.807, 2.05) is 36.4 Å². The van der Waals surface area contributed by atoms with Crippen molar-refractivity contribution in [3.05, 3.63) is 89.0 Å². The van der Waals surface area contributed by atoms with Gasteiger partial charge < -0.3 is 20.5 Å². The Morgan fingerprint density at radius 2 is 1.54 bits per heavy atom. The number of alkyl carbamates (subject to hydrolysis) is 1. The van der Waals surface area contributed by atoms with Crippen LogP contribution in [0, 0.1) is 12.8 Å². The number of hydrogen-bond acceptors (Lipinski definition) is 4. The first-order chi connectivity index (χ1) is 16.8. The topological polar surface area (TPSA) is 105 Å². The molecular formula is C28H28N2O5. The average Bonchev–Trinajstić information content (AvgIpc) is 3.15. The number of benzene rings is 3. The summed E-state index contributed by atoms with van der Waals surface area (Å²) in [6.45, 7) is 5.49. The third kappa shape index (κ3) is 5.04. The Kier molecular flexibility index (Phi) is 6.87. The van der Waals surface area contributed by atoms with Crippen LogP contribution in [-0.4, -0.2) is 35.7 Å². The molecule has 0 fully saturated rings. The monoisotopic (exact) mass is 472 g/mol. The lowest BCUT2D eigenvalue weighted by atomic mass is 9.98. The minimum Gasteiger partial charge on any atom is -0.478 e. The highest BCUT2D eigenvalue weighted by atomic mass is 16.5. The number of aryl methyl sites for hydroxylation is 1. The smallest absolute Gasteiger partial charge is 0.407 e. The molecule has 0 spiro atoms. The maximum Gasteiger partial charge on any atom is 0.407 e. The van der Waals surface area contributed by atoms with Crippen molar-refractivity contribution in [3.8, 4) is 11.1 Å². The summed E-state index contributed by atoms with van der Waals surface area (Å²) >= 11 is 0. The number of carboxylic acid groups (broad SMARTS) is 1. The van der Waals surface area contributed by atoms with Crippen LogP contribution in [0.2, 0.25) is 0 Å². The fourth-order valence-electron chi connectivity index (χ4n) is 4.46. The van der Waals surface area contributed by atoms with E-state index in [9.17, 15) is 19.5 Å². The second-order valence-corrected chi connectivity index (χ2v) is 9.04. The number of hydrogen-bond donors (Lipinski definition) is 3. The summed E-state index contributed by atoms with van der Waals surface area (Å²) in [4.78, 5) is 37.3.